The predicted molar refractivity (Wildman–Crippen MR) is 313 cm³/mol. The summed E-state index contributed by atoms with van der Waals surface area (Å²) in [6, 6.07) is 106. The first kappa shape index (κ1) is 43.1. The lowest BCUT2D eigenvalue weighted by Crippen LogP contribution is -1.97. The maximum Gasteiger partial charge on any atom is 0.0541 e. The second kappa shape index (κ2) is 18.1. The van der Waals surface area contributed by atoms with Gasteiger partial charge in [0.15, 0.2) is 0 Å². The van der Waals surface area contributed by atoms with Crippen molar-refractivity contribution in [1.29, 1.82) is 0 Å². The third-order valence-electron chi connectivity index (χ3n) is 14.9. The Morgan fingerprint density at radius 1 is 0.176 bits per heavy atom. The number of hydrogen-bond donors (Lipinski definition) is 0. The zero-order valence-electron chi connectivity index (χ0n) is 40.6. The molecule has 0 saturated carbocycles. The van der Waals surface area contributed by atoms with Crippen LogP contribution < -0.4 is 0 Å². The highest BCUT2D eigenvalue weighted by molar-refractivity contribution is 6.13. The minimum absolute atomic E-state index is 1.14. The molecule has 2 aromatic heterocycles. The molecule has 0 amide bonds. The summed E-state index contributed by atoms with van der Waals surface area (Å²) in [6.07, 6.45) is 0. The molecule has 74 heavy (non-hydrogen) atoms. The third kappa shape index (κ3) is 7.60. The van der Waals surface area contributed by atoms with E-state index in [1.807, 2.05) is 0 Å². The van der Waals surface area contributed by atoms with Gasteiger partial charge in [0.25, 0.3) is 0 Å². The molecule has 0 saturated heterocycles. The molecule has 12 aromatic carbocycles. The topological polar surface area (TPSA) is 9.86 Å². The Labute approximate surface area is 431 Å². The van der Waals surface area contributed by atoms with E-state index < -0.39 is 0 Å². The lowest BCUT2D eigenvalue weighted by Gasteiger charge is -2.14. The van der Waals surface area contributed by atoms with Gasteiger partial charge in [0.2, 0.25) is 0 Å². The van der Waals surface area contributed by atoms with Gasteiger partial charge < -0.3 is 9.13 Å². The molecule has 0 aliphatic heterocycles. The Balaban J connectivity index is 0.756. The fourth-order valence-electron chi connectivity index (χ4n) is 11.3. The van der Waals surface area contributed by atoms with Gasteiger partial charge in [-0.05, 0) is 139 Å². The van der Waals surface area contributed by atoms with Gasteiger partial charge in [-0.15, -0.1) is 0 Å². The first-order valence-electron chi connectivity index (χ1n) is 25.5. The van der Waals surface area contributed by atoms with Crippen LogP contribution in [0.2, 0.25) is 0 Å². The van der Waals surface area contributed by atoms with Crippen molar-refractivity contribution in [2.45, 2.75) is 0 Å². The second-order valence-electron chi connectivity index (χ2n) is 19.3. The normalized spacial score (nSPS) is 11.5. The number of benzene rings is 12. The maximum absolute atomic E-state index is 2.43. The van der Waals surface area contributed by atoms with E-state index in [1.165, 1.54) is 127 Å². The molecule has 0 fully saturated rings. The molecule has 0 spiro atoms. The van der Waals surface area contributed by atoms with Crippen molar-refractivity contribution in [1.82, 2.24) is 9.13 Å². The van der Waals surface area contributed by atoms with E-state index in [4.69, 9.17) is 0 Å². The van der Waals surface area contributed by atoms with Crippen LogP contribution in [0.5, 0.6) is 0 Å². The summed E-state index contributed by atoms with van der Waals surface area (Å²) in [4.78, 5) is 0. The standard InChI is InChI=1S/C72H48N2/c1-3-16-49(17-4-1)55-20-13-22-57(44-55)58-23-14-21-56(45-58)52-36-32-50(33-37-52)51-34-38-53(39-35-51)59-24-15-25-62(46-59)73-69-30-11-8-27-64(69)66-47-60(40-42-71(66)73)61-41-43-72-67(48-61)65-28-9-12-31-70(65)74(72)68-29-10-7-26-63(68)54-18-5-2-6-19-54/h1-48H. The second-order valence-corrected chi connectivity index (χ2v) is 19.3. The predicted octanol–water partition coefficient (Wildman–Crippen LogP) is 19.5. The molecule has 0 unspecified atom stereocenters. The highest BCUT2D eigenvalue weighted by Crippen LogP contribution is 2.41. The molecule has 0 bridgehead atoms. The van der Waals surface area contributed by atoms with E-state index in [1.54, 1.807) is 0 Å². The van der Waals surface area contributed by atoms with Crippen LogP contribution >= 0.6 is 0 Å². The smallest absolute Gasteiger partial charge is 0.0541 e. The molecular weight excluding hydrogens is 893 g/mol. The number of aromatic nitrogens is 2. The molecule has 2 heterocycles. The van der Waals surface area contributed by atoms with Crippen molar-refractivity contribution in [3.05, 3.63) is 291 Å². The average Bonchev–Trinajstić information content (AvgIpc) is 4.00. The van der Waals surface area contributed by atoms with Crippen molar-refractivity contribution in [3.63, 3.8) is 0 Å². The van der Waals surface area contributed by atoms with Gasteiger partial charge in [0, 0.05) is 32.8 Å². The van der Waals surface area contributed by atoms with E-state index in [9.17, 15) is 0 Å². The Morgan fingerprint density at radius 3 is 1.07 bits per heavy atom. The Hall–Kier alpha value is -9.76. The van der Waals surface area contributed by atoms with E-state index in [-0.39, 0.29) is 0 Å². The monoisotopic (exact) mass is 940 g/mol. The molecule has 346 valence electrons. The Kier molecular flexibility index (Phi) is 10.6. The molecule has 2 heteroatoms. The lowest BCUT2D eigenvalue weighted by molar-refractivity contribution is 1.18. The summed E-state index contributed by atoms with van der Waals surface area (Å²) in [6.45, 7) is 0. The lowest BCUT2D eigenvalue weighted by atomic mass is 9.95. The third-order valence-corrected chi connectivity index (χ3v) is 14.9. The summed E-state index contributed by atoms with van der Waals surface area (Å²) < 4.78 is 4.86. The fraction of sp³-hybridized carbons (Fsp3) is 0. The Bertz CT molecular complexity index is 4390. The summed E-state index contributed by atoms with van der Waals surface area (Å²) in [5, 5.41) is 4.96. The zero-order chi connectivity index (χ0) is 49.0. The van der Waals surface area contributed by atoms with Gasteiger partial charge >= 0.3 is 0 Å². The van der Waals surface area contributed by atoms with Crippen molar-refractivity contribution >= 4 is 43.6 Å². The van der Waals surface area contributed by atoms with Crippen molar-refractivity contribution < 1.29 is 0 Å². The number of hydrogen-bond acceptors (Lipinski definition) is 0. The molecular formula is C72H48N2. The Morgan fingerprint density at radius 2 is 0.514 bits per heavy atom. The van der Waals surface area contributed by atoms with Gasteiger partial charge in [-0.3, -0.25) is 0 Å². The van der Waals surface area contributed by atoms with Crippen molar-refractivity contribution in [3.8, 4) is 89.3 Å². The van der Waals surface area contributed by atoms with Crippen LogP contribution in [-0.4, -0.2) is 9.13 Å². The molecule has 0 aliphatic carbocycles. The molecule has 14 rings (SSSR count). The summed E-state index contributed by atoms with van der Waals surface area (Å²) in [5.74, 6) is 0. The van der Waals surface area contributed by atoms with Gasteiger partial charge in [-0.25, -0.2) is 0 Å². The highest BCUT2D eigenvalue weighted by atomic mass is 15.0. The number of para-hydroxylation sites is 3. The highest BCUT2D eigenvalue weighted by Gasteiger charge is 2.18. The minimum Gasteiger partial charge on any atom is -0.309 e. The number of fused-ring (bicyclic) bond motifs is 6. The number of rotatable bonds is 9. The molecule has 0 radical (unpaired) electrons. The zero-order valence-corrected chi connectivity index (χ0v) is 40.6. The van der Waals surface area contributed by atoms with Crippen molar-refractivity contribution in [2.24, 2.45) is 0 Å². The van der Waals surface area contributed by atoms with E-state index in [2.05, 4.69) is 300 Å². The molecule has 0 atom stereocenters. The molecule has 0 N–H and O–H groups in total. The summed E-state index contributed by atoms with van der Waals surface area (Å²) >= 11 is 0. The van der Waals surface area contributed by atoms with Gasteiger partial charge in [0.1, 0.15) is 0 Å². The van der Waals surface area contributed by atoms with Crippen LogP contribution in [0.25, 0.3) is 133 Å². The van der Waals surface area contributed by atoms with Crippen molar-refractivity contribution in [2.75, 3.05) is 0 Å². The summed E-state index contributed by atoms with van der Waals surface area (Å²) in [7, 11) is 0. The first-order valence-corrected chi connectivity index (χ1v) is 25.5. The van der Waals surface area contributed by atoms with Crippen LogP contribution in [0.3, 0.4) is 0 Å². The van der Waals surface area contributed by atoms with Crippen LogP contribution in [0.4, 0.5) is 0 Å². The number of nitrogens with zero attached hydrogens (tertiary/aromatic N) is 2. The van der Waals surface area contributed by atoms with E-state index >= 15 is 0 Å². The van der Waals surface area contributed by atoms with Gasteiger partial charge in [-0.2, -0.15) is 0 Å². The van der Waals surface area contributed by atoms with Gasteiger partial charge in [-0.1, -0.05) is 224 Å². The maximum atomic E-state index is 2.43. The minimum atomic E-state index is 1.14. The molecule has 14 aromatic rings. The van der Waals surface area contributed by atoms with E-state index in [0.29, 0.717) is 0 Å². The van der Waals surface area contributed by atoms with Crippen LogP contribution in [0.15, 0.2) is 291 Å². The molecule has 2 nitrogen and oxygen atoms in total. The van der Waals surface area contributed by atoms with Crippen LogP contribution in [-0.2, 0) is 0 Å². The van der Waals surface area contributed by atoms with E-state index in [0.717, 1.165) is 5.69 Å². The van der Waals surface area contributed by atoms with Gasteiger partial charge in [0.05, 0.1) is 27.8 Å². The largest absolute Gasteiger partial charge is 0.309 e. The quantitative estimate of drug-likeness (QED) is 0.136. The first-order chi connectivity index (χ1) is 36.7. The average molecular weight is 941 g/mol. The summed E-state index contributed by atoms with van der Waals surface area (Å²) in [5.41, 5.74) is 23.9. The molecule has 0 aliphatic rings. The van der Waals surface area contributed by atoms with Crippen LogP contribution in [0, 0.1) is 0 Å². The SMILES string of the molecule is c1ccc(-c2cccc(-c3cccc(-c4ccc(-c5ccc(-c6cccc(-n7c8ccccc8c8cc(-c9ccc%10c(c9)c9ccccc9n%10-c9ccccc9-c9ccccc9)ccc87)c6)cc5)cc4)c3)c2)cc1. The van der Waals surface area contributed by atoms with Crippen LogP contribution in [0.1, 0.15) is 0 Å². The fourth-order valence-corrected chi connectivity index (χ4v) is 11.3.